The van der Waals surface area contributed by atoms with Gasteiger partial charge in [-0.3, -0.25) is 0 Å². The van der Waals surface area contributed by atoms with Crippen molar-refractivity contribution < 1.29 is 4.74 Å². The third-order valence-electron chi connectivity index (χ3n) is 3.73. The molecule has 142 valence electrons. The van der Waals surface area contributed by atoms with Crippen molar-refractivity contribution in [1.82, 2.24) is 10.6 Å². The quantitative estimate of drug-likeness (QED) is 0.236. The van der Waals surface area contributed by atoms with Gasteiger partial charge < -0.3 is 15.4 Å². The number of unbranched alkanes of at least 4 members (excludes halogenated alkanes) is 1. The van der Waals surface area contributed by atoms with Gasteiger partial charge in [-0.2, -0.15) is 0 Å². The molecule has 0 aliphatic rings. The Morgan fingerprint density at radius 2 is 1.54 bits per heavy atom. The molecular weight excluding hydrogens is 437 g/mol. The van der Waals surface area contributed by atoms with E-state index in [1.54, 1.807) is 0 Å². The third kappa shape index (κ3) is 9.77. The molecule has 0 radical (unpaired) electrons. The number of benzene rings is 2. The average Bonchev–Trinajstić information content (AvgIpc) is 2.67. The first-order valence-electron chi connectivity index (χ1n) is 9.06. The molecule has 0 aliphatic carbocycles. The highest BCUT2D eigenvalue weighted by atomic mass is 127. The smallest absolute Gasteiger partial charge is 0.191 e. The second kappa shape index (κ2) is 14.6. The lowest BCUT2D eigenvalue weighted by Crippen LogP contribution is -2.37. The van der Waals surface area contributed by atoms with E-state index in [4.69, 9.17) is 4.74 Å². The zero-order valence-corrected chi connectivity index (χ0v) is 17.8. The Morgan fingerprint density at radius 1 is 0.885 bits per heavy atom. The van der Waals surface area contributed by atoms with Crippen LogP contribution in [0.15, 0.2) is 65.7 Å². The van der Waals surface area contributed by atoms with Gasteiger partial charge in [0.2, 0.25) is 0 Å². The summed E-state index contributed by atoms with van der Waals surface area (Å²) in [4.78, 5) is 4.62. The van der Waals surface area contributed by atoms with Crippen LogP contribution in [0.2, 0.25) is 0 Å². The van der Waals surface area contributed by atoms with Crippen molar-refractivity contribution in [2.24, 2.45) is 4.99 Å². The van der Waals surface area contributed by atoms with Crippen molar-refractivity contribution in [3.63, 3.8) is 0 Å². The van der Waals surface area contributed by atoms with Gasteiger partial charge in [-0.1, -0.05) is 60.7 Å². The molecule has 0 heterocycles. The highest BCUT2D eigenvalue weighted by molar-refractivity contribution is 14.0. The molecule has 0 spiro atoms. The SMILES string of the molecule is CCNC(=NCc1ccccc1)NCCCCOCc1ccccc1.I. The van der Waals surface area contributed by atoms with Crippen LogP contribution in [-0.4, -0.2) is 25.7 Å². The summed E-state index contributed by atoms with van der Waals surface area (Å²) in [6, 6.07) is 20.6. The molecule has 0 amide bonds. The Hall–Kier alpha value is -1.60. The summed E-state index contributed by atoms with van der Waals surface area (Å²) in [6.07, 6.45) is 2.10. The van der Waals surface area contributed by atoms with Gasteiger partial charge in [0, 0.05) is 19.7 Å². The number of rotatable bonds is 10. The molecule has 0 atom stereocenters. The predicted octanol–water partition coefficient (Wildman–Crippen LogP) is 4.36. The molecule has 0 saturated carbocycles. The van der Waals surface area contributed by atoms with Crippen LogP contribution in [0, 0.1) is 0 Å². The maximum Gasteiger partial charge on any atom is 0.191 e. The minimum absolute atomic E-state index is 0. The van der Waals surface area contributed by atoms with Crippen molar-refractivity contribution >= 4 is 29.9 Å². The van der Waals surface area contributed by atoms with Crippen molar-refractivity contribution in [3.05, 3.63) is 71.8 Å². The number of hydrogen-bond donors (Lipinski definition) is 2. The van der Waals surface area contributed by atoms with Crippen molar-refractivity contribution in [1.29, 1.82) is 0 Å². The number of aliphatic imine (C=N–C) groups is 1. The van der Waals surface area contributed by atoms with E-state index >= 15 is 0 Å². The van der Waals surface area contributed by atoms with Crippen LogP contribution in [0.25, 0.3) is 0 Å². The van der Waals surface area contributed by atoms with E-state index in [1.165, 1.54) is 11.1 Å². The largest absolute Gasteiger partial charge is 0.377 e. The number of hydrogen-bond acceptors (Lipinski definition) is 2. The summed E-state index contributed by atoms with van der Waals surface area (Å²) < 4.78 is 5.71. The number of nitrogens with zero attached hydrogens (tertiary/aromatic N) is 1. The van der Waals surface area contributed by atoms with Crippen LogP contribution in [0.3, 0.4) is 0 Å². The van der Waals surface area contributed by atoms with E-state index in [-0.39, 0.29) is 24.0 Å². The number of halogens is 1. The Labute approximate surface area is 174 Å². The van der Waals surface area contributed by atoms with E-state index in [0.29, 0.717) is 13.2 Å². The van der Waals surface area contributed by atoms with Crippen LogP contribution in [0.1, 0.15) is 30.9 Å². The van der Waals surface area contributed by atoms with Crippen molar-refractivity contribution in [3.8, 4) is 0 Å². The number of nitrogens with one attached hydrogen (secondary N) is 2. The van der Waals surface area contributed by atoms with Gasteiger partial charge in [-0.25, -0.2) is 4.99 Å². The summed E-state index contributed by atoms with van der Waals surface area (Å²) in [6.45, 7) is 6.01. The molecule has 0 aliphatic heterocycles. The van der Waals surface area contributed by atoms with Crippen molar-refractivity contribution in [2.75, 3.05) is 19.7 Å². The van der Waals surface area contributed by atoms with Gasteiger partial charge in [0.05, 0.1) is 13.2 Å². The van der Waals surface area contributed by atoms with E-state index in [0.717, 1.165) is 38.5 Å². The summed E-state index contributed by atoms with van der Waals surface area (Å²) in [5.74, 6) is 0.872. The van der Waals surface area contributed by atoms with E-state index in [9.17, 15) is 0 Å². The summed E-state index contributed by atoms with van der Waals surface area (Å²) >= 11 is 0. The number of guanidine groups is 1. The monoisotopic (exact) mass is 467 g/mol. The molecule has 4 nitrogen and oxygen atoms in total. The molecule has 5 heteroatoms. The molecule has 2 rings (SSSR count). The first kappa shape index (κ1) is 22.4. The molecule has 26 heavy (non-hydrogen) atoms. The van der Waals surface area contributed by atoms with E-state index in [2.05, 4.69) is 46.8 Å². The Kier molecular flexibility index (Phi) is 12.6. The normalized spacial score (nSPS) is 10.9. The minimum Gasteiger partial charge on any atom is -0.377 e. The summed E-state index contributed by atoms with van der Waals surface area (Å²) in [7, 11) is 0. The van der Waals surface area contributed by atoms with Crippen LogP contribution in [0.4, 0.5) is 0 Å². The van der Waals surface area contributed by atoms with Crippen LogP contribution in [0.5, 0.6) is 0 Å². The fourth-order valence-electron chi connectivity index (χ4n) is 2.40. The predicted molar refractivity (Wildman–Crippen MR) is 120 cm³/mol. The zero-order valence-electron chi connectivity index (χ0n) is 15.5. The second-order valence-electron chi connectivity index (χ2n) is 5.85. The molecule has 0 aromatic heterocycles. The fourth-order valence-corrected chi connectivity index (χ4v) is 2.40. The lowest BCUT2D eigenvalue weighted by Gasteiger charge is -2.11. The third-order valence-corrected chi connectivity index (χ3v) is 3.73. The average molecular weight is 467 g/mol. The van der Waals surface area contributed by atoms with Gasteiger partial charge in [0.25, 0.3) is 0 Å². The minimum atomic E-state index is 0. The van der Waals surface area contributed by atoms with E-state index in [1.807, 2.05) is 36.4 Å². The van der Waals surface area contributed by atoms with E-state index < -0.39 is 0 Å². The van der Waals surface area contributed by atoms with Gasteiger partial charge in [-0.15, -0.1) is 24.0 Å². The van der Waals surface area contributed by atoms with Gasteiger partial charge >= 0.3 is 0 Å². The fraction of sp³-hybridized carbons (Fsp3) is 0.381. The van der Waals surface area contributed by atoms with Gasteiger partial charge in [0.15, 0.2) is 5.96 Å². The Bertz CT molecular complexity index is 605. The van der Waals surface area contributed by atoms with Crippen molar-refractivity contribution in [2.45, 2.75) is 32.9 Å². The molecule has 0 fully saturated rings. The molecule has 2 aromatic rings. The summed E-state index contributed by atoms with van der Waals surface area (Å²) in [5, 5.41) is 6.67. The molecule has 2 aromatic carbocycles. The van der Waals surface area contributed by atoms with Crippen LogP contribution < -0.4 is 10.6 Å². The Morgan fingerprint density at radius 3 is 2.19 bits per heavy atom. The maximum absolute atomic E-state index is 5.71. The van der Waals surface area contributed by atoms with Gasteiger partial charge in [-0.05, 0) is 30.9 Å². The molecule has 2 N–H and O–H groups in total. The van der Waals surface area contributed by atoms with Gasteiger partial charge in [0.1, 0.15) is 0 Å². The first-order valence-corrected chi connectivity index (χ1v) is 9.06. The molecule has 0 saturated heterocycles. The maximum atomic E-state index is 5.71. The zero-order chi connectivity index (χ0) is 17.6. The highest BCUT2D eigenvalue weighted by Gasteiger charge is 1.98. The topological polar surface area (TPSA) is 45.7 Å². The van der Waals surface area contributed by atoms with Crippen LogP contribution in [-0.2, 0) is 17.9 Å². The Balaban J connectivity index is 0.00000338. The lowest BCUT2D eigenvalue weighted by atomic mass is 10.2. The molecular formula is C21H30IN3O. The number of ether oxygens (including phenoxy) is 1. The lowest BCUT2D eigenvalue weighted by molar-refractivity contribution is 0.117. The first-order chi connectivity index (χ1) is 12.4. The standard InChI is InChI=1S/C21H29N3O.HI/c1-2-22-21(24-17-19-11-5-3-6-12-19)23-15-9-10-16-25-18-20-13-7-4-8-14-20;/h3-8,11-14H,2,9-10,15-18H2,1H3,(H2,22,23,24);1H. The molecule has 0 unspecified atom stereocenters. The second-order valence-corrected chi connectivity index (χ2v) is 5.85. The molecule has 0 bridgehead atoms. The van der Waals surface area contributed by atoms with Crippen LogP contribution >= 0.6 is 24.0 Å². The highest BCUT2D eigenvalue weighted by Crippen LogP contribution is 2.02. The summed E-state index contributed by atoms with van der Waals surface area (Å²) in [5.41, 5.74) is 2.44.